The molecule has 2 aromatic heterocycles. The second-order valence-electron chi connectivity index (χ2n) is 5.96. The summed E-state index contributed by atoms with van der Waals surface area (Å²) >= 11 is 1.31. The van der Waals surface area contributed by atoms with Gasteiger partial charge in [0.25, 0.3) is 0 Å². The van der Waals surface area contributed by atoms with Crippen molar-refractivity contribution in [2.45, 2.75) is 26.7 Å². The number of ether oxygens (including phenoxy) is 2. The topological polar surface area (TPSA) is 81.6 Å². The van der Waals surface area contributed by atoms with Crippen LogP contribution in [0.25, 0.3) is 10.2 Å². The van der Waals surface area contributed by atoms with Crippen molar-refractivity contribution in [3.8, 4) is 0 Å². The van der Waals surface area contributed by atoms with Gasteiger partial charge < -0.3 is 14.4 Å². The number of aryl methyl sites for hydroxylation is 1. The zero-order valence-corrected chi connectivity index (χ0v) is 15.4. The van der Waals surface area contributed by atoms with Gasteiger partial charge in [0.2, 0.25) is 0 Å². The second kappa shape index (κ2) is 7.35. The lowest BCUT2D eigenvalue weighted by Gasteiger charge is -2.32. The molecule has 1 aliphatic rings. The molecule has 1 saturated heterocycles. The number of anilines is 1. The number of nitrogens with zero attached hydrogens (tertiary/aromatic N) is 3. The van der Waals surface area contributed by atoms with Crippen LogP contribution in [0.5, 0.6) is 0 Å². The zero-order chi connectivity index (χ0) is 18.0. The number of hydrogen-bond donors (Lipinski definition) is 0. The zero-order valence-electron chi connectivity index (χ0n) is 14.6. The maximum atomic E-state index is 12.1. The van der Waals surface area contributed by atoms with Gasteiger partial charge in [0, 0.05) is 13.1 Å². The van der Waals surface area contributed by atoms with Crippen molar-refractivity contribution in [2.24, 2.45) is 5.92 Å². The molecule has 0 N–H and O–H groups in total. The SMILES string of the molecule is CCOC(=O)C1CCCN(c2ncnc3sc(C(=O)OC)c(C)c23)C1. The predicted molar refractivity (Wildman–Crippen MR) is 95.1 cm³/mol. The van der Waals surface area contributed by atoms with Gasteiger partial charge in [0.05, 0.1) is 25.0 Å². The van der Waals surface area contributed by atoms with E-state index in [1.54, 1.807) is 0 Å². The van der Waals surface area contributed by atoms with Gasteiger partial charge in [-0.3, -0.25) is 4.79 Å². The van der Waals surface area contributed by atoms with Gasteiger partial charge >= 0.3 is 11.9 Å². The van der Waals surface area contributed by atoms with Crippen LogP contribution in [0.4, 0.5) is 5.82 Å². The van der Waals surface area contributed by atoms with Gasteiger partial charge in [-0.15, -0.1) is 11.3 Å². The van der Waals surface area contributed by atoms with Crippen molar-refractivity contribution in [3.63, 3.8) is 0 Å². The average Bonchev–Trinajstić information content (AvgIpc) is 2.98. The van der Waals surface area contributed by atoms with E-state index in [4.69, 9.17) is 9.47 Å². The van der Waals surface area contributed by atoms with Crippen LogP contribution in [0.3, 0.4) is 0 Å². The Morgan fingerprint density at radius 2 is 2.20 bits per heavy atom. The molecular weight excluding hydrogens is 342 g/mol. The van der Waals surface area contributed by atoms with E-state index in [9.17, 15) is 9.59 Å². The Balaban J connectivity index is 1.96. The van der Waals surface area contributed by atoms with Crippen LogP contribution < -0.4 is 4.90 Å². The number of thiophene rings is 1. The Bertz CT molecular complexity index is 805. The molecule has 1 atom stereocenters. The van der Waals surface area contributed by atoms with Crippen molar-refractivity contribution in [1.82, 2.24) is 9.97 Å². The third kappa shape index (κ3) is 3.30. The fourth-order valence-electron chi connectivity index (χ4n) is 3.20. The third-order valence-electron chi connectivity index (χ3n) is 4.42. The minimum Gasteiger partial charge on any atom is -0.466 e. The number of carbonyl (C=O) groups excluding carboxylic acids is 2. The molecule has 134 valence electrons. The molecule has 1 aliphatic heterocycles. The van der Waals surface area contributed by atoms with E-state index >= 15 is 0 Å². The minimum atomic E-state index is -0.366. The minimum absolute atomic E-state index is 0.155. The molecular formula is C17H21N3O4S. The molecule has 0 bridgehead atoms. The van der Waals surface area contributed by atoms with Crippen LogP contribution in [-0.4, -0.2) is 48.7 Å². The average molecular weight is 363 g/mol. The van der Waals surface area contributed by atoms with Gasteiger partial charge in [-0.1, -0.05) is 0 Å². The van der Waals surface area contributed by atoms with Crippen molar-refractivity contribution >= 4 is 39.3 Å². The molecule has 3 rings (SSSR count). The molecule has 7 nitrogen and oxygen atoms in total. The monoisotopic (exact) mass is 363 g/mol. The molecule has 0 saturated carbocycles. The second-order valence-corrected chi connectivity index (χ2v) is 6.96. The fraction of sp³-hybridized carbons (Fsp3) is 0.529. The molecule has 3 heterocycles. The number of fused-ring (bicyclic) bond motifs is 1. The van der Waals surface area contributed by atoms with Crippen molar-refractivity contribution in [2.75, 3.05) is 31.7 Å². The normalized spacial score (nSPS) is 17.6. The first-order valence-corrected chi connectivity index (χ1v) is 9.12. The van der Waals surface area contributed by atoms with Crippen molar-refractivity contribution < 1.29 is 19.1 Å². The summed E-state index contributed by atoms with van der Waals surface area (Å²) in [5, 5.41) is 0.859. The standard InChI is InChI=1S/C17H21N3O4S/c1-4-24-16(21)11-6-5-7-20(8-11)14-12-10(2)13(17(22)23-3)25-15(12)19-9-18-14/h9,11H,4-8H2,1-3H3. The summed E-state index contributed by atoms with van der Waals surface area (Å²) in [6.45, 7) is 5.46. The van der Waals surface area contributed by atoms with Gasteiger partial charge in [0.15, 0.2) is 0 Å². The quantitative estimate of drug-likeness (QED) is 0.772. The lowest BCUT2D eigenvalue weighted by Crippen LogP contribution is -2.40. The lowest BCUT2D eigenvalue weighted by atomic mass is 9.98. The van der Waals surface area contributed by atoms with Gasteiger partial charge in [-0.25, -0.2) is 14.8 Å². The molecule has 8 heteroatoms. The summed E-state index contributed by atoms with van der Waals surface area (Å²) in [6.07, 6.45) is 3.21. The molecule has 0 aliphatic carbocycles. The molecule has 25 heavy (non-hydrogen) atoms. The summed E-state index contributed by atoms with van der Waals surface area (Å²) < 4.78 is 10.0. The summed E-state index contributed by atoms with van der Waals surface area (Å²) in [7, 11) is 1.37. The highest BCUT2D eigenvalue weighted by molar-refractivity contribution is 7.20. The van der Waals surface area contributed by atoms with Crippen LogP contribution in [0.2, 0.25) is 0 Å². The highest BCUT2D eigenvalue weighted by atomic mass is 32.1. The van der Waals surface area contributed by atoms with E-state index < -0.39 is 0 Å². The van der Waals surface area contributed by atoms with E-state index in [-0.39, 0.29) is 17.9 Å². The number of hydrogen-bond acceptors (Lipinski definition) is 8. The summed E-state index contributed by atoms with van der Waals surface area (Å²) in [4.78, 5) is 36.2. The maximum absolute atomic E-state index is 12.1. The van der Waals surface area contributed by atoms with Gasteiger partial charge in [0.1, 0.15) is 21.9 Å². The smallest absolute Gasteiger partial charge is 0.348 e. The first-order chi connectivity index (χ1) is 12.1. The van der Waals surface area contributed by atoms with Crippen molar-refractivity contribution in [1.29, 1.82) is 0 Å². The van der Waals surface area contributed by atoms with E-state index in [2.05, 4.69) is 14.9 Å². The molecule has 0 spiro atoms. The third-order valence-corrected chi connectivity index (χ3v) is 5.60. The first-order valence-electron chi connectivity index (χ1n) is 8.30. The molecule has 0 aromatic carbocycles. The molecule has 2 aromatic rings. The Hall–Kier alpha value is -2.22. The van der Waals surface area contributed by atoms with E-state index in [0.717, 1.165) is 41.0 Å². The molecule has 1 unspecified atom stereocenters. The summed E-state index contributed by atoms with van der Waals surface area (Å²) in [5.74, 6) is 0.0879. The van der Waals surface area contributed by atoms with Crippen LogP contribution >= 0.6 is 11.3 Å². The number of aromatic nitrogens is 2. The first kappa shape index (κ1) is 17.6. The Labute approximate surface area is 150 Å². The van der Waals surface area contributed by atoms with Gasteiger partial charge in [-0.2, -0.15) is 0 Å². The summed E-state index contributed by atoms with van der Waals surface area (Å²) in [6, 6.07) is 0. The van der Waals surface area contributed by atoms with Crippen LogP contribution in [0.15, 0.2) is 6.33 Å². The van der Waals surface area contributed by atoms with E-state index in [1.807, 2.05) is 13.8 Å². The van der Waals surface area contributed by atoms with Crippen LogP contribution in [0.1, 0.15) is 35.0 Å². The fourth-order valence-corrected chi connectivity index (χ4v) is 4.26. The molecule has 0 amide bonds. The van der Waals surface area contributed by atoms with E-state index in [0.29, 0.717) is 18.0 Å². The predicted octanol–water partition coefficient (Wildman–Crippen LogP) is 2.57. The van der Waals surface area contributed by atoms with E-state index in [1.165, 1.54) is 24.8 Å². The lowest BCUT2D eigenvalue weighted by molar-refractivity contribution is -0.148. The van der Waals surface area contributed by atoms with Crippen LogP contribution in [0, 0.1) is 12.8 Å². The maximum Gasteiger partial charge on any atom is 0.348 e. The van der Waals surface area contributed by atoms with Crippen LogP contribution in [-0.2, 0) is 14.3 Å². The van der Waals surface area contributed by atoms with Crippen molar-refractivity contribution in [3.05, 3.63) is 16.8 Å². The Kier molecular flexibility index (Phi) is 5.17. The molecule has 1 fully saturated rings. The number of methoxy groups -OCH3 is 1. The molecule has 0 radical (unpaired) electrons. The number of rotatable bonds is 4. The highest BCUT2D eigenvalue weighted by Gasteiger charge is 2.30. The van der Waals surface area contributed by atoms with Gasteiger partial charge in [-0.05, 0) is 32.3 Å². The Morgan fingerprint density at radius 1 is 1.40 bits per heavy atom. The largest absolute Gasteiger partial charge is 0.466 e. The number of esters is 2. The number of piperidine rings is 1. The Morgan fingerprint density at radius 3 is 2.92 bits per heavy atom. The highest BCUT2D eigenvalue weighted by Crippen LogP contribution is 2.36. The number of carbonyl (C=O) groups is 2. The summed E-state index contributed by atoms with van der Waals surface area (Å²) in [5.41, 5.74) is 0.820.